The lowest BCUT2D eigenvalue weighted by Gasteiger charge is -2.07. The molecular formula is C12H11FN4O3S. The highest BCUT2D eigenvalue weighted by molar-refractivity contribution is 7.89. The van der Waals surface area contributed by atoms with Crippen molar-refractivity contribution < 1.29 is 17.6 Å². The number of aryl methyl sites for hydroxylation is 1. The van der Waals surface area contributed by atoms with Crippen LogP contribution >= 0.6 is 0 Å². The number of anilines is 1. The number of nitrogens with one attached hydrogen (secondary N) is 1. The molecule has 0 radical (unpaired) electrons. The topological polar surface area (TPSA) is 115 Å². The number of carbonyl (C=O) groups excluding carboxylic acids is 1. The first kappa shape index (κ1) is 15.0. The third-order valence-electron chi connectivity index (χ3n) is 2.47. The number of sulfonamides is 1. The summed E-state index contributed by atoms with van der Waals surface area (Å²) in [6.07, 6.45) is 2.65. The van der Waals surface area contributed by atoms with Crippen molar-refractivity contribution in [2.45, 2.75) is 11.8 Å². The summed E-state index contributed by atoms with van der Waals surface area (Å²) >= 11 is 0. The highest BCUT2D eigenvalue weighted by Crippen LogP contribution is 2.17. The van der Waals surface area contributed by atoms with Gasteiger partial charge in [-0.3, -0.25) is 9.78 Å². The summed E-state index contributed by atoms with van der Waals surface area (Å²) in [4.78, 5) is 19.2. The molecule has 0 aliphatic heterocycles. The van der Waals surface area contributed by atoms with E-state index in [0.29, 0.717) is 5.69 Å². The van der Waals surface area contributed by atoms with E-state index >= 15 is 0 Å². The highest BCUT2D eigenvalue weighted by Gasteiger charge is 2.14. The first-order valence-corrected chi connectivity index (χ1v) is 7.24. The lowest BCUT2D eigenvalue weighted by Crippen LogP contribution is -2.16. The number of primary sulfonamides is 1. The van der Waals surface area contributed by atoms with Crippen LogP contribution in [0.2, 0.25) is 0 Å². The number of nitrogens with zero attached hydrogens (tertiary/aromatic N) is 2. The van der Waals surface area contributed by atoms with Crippen molar-refractivity contribution in [2.75, 3.05) is 5.32 Å². The molecule has 9 heteroatoms. The average Bonchev–Trinajstić information content (AvgIpc) is 2.37. The second kappa shape index (κ2) is 5.54. The third kappa shape index (κ3) is 3.80. The molecular weight excluding hydrogens is 299 g/mol. The molecule has 3 N–H and O–H groups in total. The van der Waals surface area contributed by atoms with Crippen LogP contribution in [0.25, 0.3) is 0 Å². The van der Waals surface area contributed by atoms with Gasteiger partial charge in [-0.1, -0.05) is 0 Å². The molecule has 0 bridgehead atoms. The maximum atomic E-state index is 13.4. The Balaban J connectivity index is 2.29. The van der Waals surface area contributed by atoms with Crippen LogP contribution in [0.4, 0.5) is 10.1 Å². The lowest BCUT2D eigenvalue weighted by atomic mass is 10.3. The number of amides is 1. The summed E-state index contributed by atoms with van der Waals surface area (Å²) in [5.74, 6) is -1.49. The van der Waals surface area contributed by atoms with E-state index in [2.05, 4.69) is 15.3 Å². The number of hydrogen-bond acceptors (Lipinski definition) is 5. The summed E-state index contributed by atoms with van der Waals surface area (Å²) in [6.45, 7) is 1.71. The van der Waals surface area contributed by atoms with Gasteiger partial charge in [-0.2, -0.15) is 0 Å². The van der Waals surface area contributed by atoms with Crippen LogP contribution in [-0.2, 0) is 10.0 Å². The average molecular weight is 310 g/mol. The molecule has 1 heterocycles. The fourth-order valence-electron chi connectivity index (χ4n) is 1.50. The van der Waals surface area contributed by atoms with E-state index in [4.69, 9.17) is 5.14 Å². The molecule has 1 amide bonds. The molecule has 0 saturated carbocycles. The molecule has 0 saturated heterocycles. The van der Waals surface area contributed by atoms with Crippen molar-refractivity contribution in [3.63, 3.8) is 0 Å². The fraction of sp³-hybridized carbons (Fsp3) is 0.0833. The van der Waals surface area contributed by atoms with Gasteiger partial charge in [0, 0.05) is 11.9 Å². The van der Waals surface area contributed by atoms with E-state index in [1.165, 1.54) is 12.4 Å². The normalized spacial score (nSPS) is 11.2. The molecule has 0 fully saturated rings. The predicted octanol–water partition coefficient (Wildman–Crippen LogP) is 0.824. The van der Waals surface area contributed by atoms with Crippen LogP contribution in [0, 0.1) is 12.7 Å². The Kier molecular flexibility index (Phi) is 3.96. The second-order valence-electron chi connectivity index (χ2n) is 4.22. The summed E-state index contributed by atoms with van der Waals surface area (Å²) in [5.41, 5.74) is 0.599. The summed E-state index contributed by atoms with van der Waals surface area (Å²) < 4.78 is 35.8. The zero-order chi connectivity index (χ0) is 15.6. The molecule has 1 aromatic heterocycles. The fourth-order valence-corrected chi connectivity index (χ4v) is 2.07. The maximum Gasteiger partial charge on any atom is 0.275 e. The van der Waals surface area contributed by atoms with Crippen molar-refractivity contribution in [3.8, 4) is 0 Å². The summed E-state index contributed by atoms with van der Waals surface area (Å²) in [6, 6.07) is 2.78. The quantitative estimate of drug-likeness (QED) is 0.871. The monoisotopic (exact) mass is 310 g/mol. The number of rotatable bonds is 3. The number of carbonyl (C=O) groups is 1. The lowest BCUT2D eigenvalue weighted by molar-refractivity contribution is 0.102. The van der Waals surface area contributed by atoms with Gasteiger partial charge in [0.25, 0.3) is 5.91 Å². The molecule has 7 nitrogen and oxygen atoms in total. The minimum Gasteiger partial charge on any atom is -0.320 e. The van der Waals surface area contributed by atoms with Crippen LogP contribution in [-0.4, -0.2) is 24.3 Å². The first-order chi connectivity index (χ1) is 9.75. The van der Waals surface area contributed by atoms with Gasteiger partial charge < -0.3 is 5.32 Å². The third-order valence-corrected chi connectivity index (χ3v) is 3.36. The van der Waals surface area contributed by atoms with E-state index in [0.717, 1.165) is 18.2 Å². The van der Waals surface area contributed by atoms with E-state index in [-0.39, 0.29) is 11.4 Å². The summed E-state index contributed by atoms with van der Waals surface area (Å²) in [5, 5.41) is 7.25. The van der Waals surface area contributed by atoms with E-state index in [1.54, 1.807) is 6.92 Å². The summed E-state index contributed by atoms with van der Waals surface area (Å²) in [7, 11) is -4.07. The largest absolute Gasteiger partial charge is 0.320 e. The van der Waals surface area contributed by atoms with Crippen molar-refractivity contribution in [1.82, 2.24) is 9.97 Å². The van der Waals surface area contributed by atoms with Crippen molar-refractivity contribution >= 4 is 21.6 Å². The van der Waals surface area contributed by atoms with Crippen molar-refractivity contribution in [2.24, 2.45) is 5.14 Å². The molecule has 1 aromatic carbocycles. The standard InChI is InChI=1S/C12H11FN4O3S/c1-7-5-16-11(6-15-7)12(18)17-9-2-8(13)3-10(4-9)21(14,19)20/h2-6H,1H3,(H,17,18)(H2,14,19,20). The van der Waals surface area contributed by atoms with E-state index < -0.39 is 26.6 Å². The number of halogens is 1. The van der Waals surface area contributed by atoms with Crippen molar-refractivity contribution in [3.05, 3.63) is 47.8 Å². The number of aromatic nitrogens is 2. The van der Waals surface area contributed by atoms with Crippen LogP contribution in [0.5, 0.6) is 0 Å². The van der Waals surface area contributed by atoms with E-state index in [1.807, 2.05) is 0 Å². The highest BCUT2D eigenvalue weighted by atomic mass is 32.2. The Morgan fingerprint density at radius 1 is 1.24 bits per heavy atom. The van der Waals surface area contributed by atoms with Gasteiger partial charge >= 0.3 is 0 Å². The zero-order valence-electron chi connectivity index (χ0n) is 10.9. The van der Waals surface area contributed by atoms with Gasteiger partial charge in [0.05, 0.1) is 16.8 Å². The maximum absolute atomic E-state index is 13.4. The van der Waals surface area contributed by atoms with Gasteiger partial charge in [-0.25, -0.2) is 22.9 Å². The van der Waals surface area contributed by atoms with Gasteiger partial charge in [0.15, 0.2) is 0 Å². The van der Waals surface area contributed by atoms with Crippen LogP contribution in [0.1, 0.15) is 16.2 Å². The van der Waals surface area contributed by atoms with Crippen LogP contribution < -0.4 is 10.5 Å². The molecule has 110 valence electrons. The Hall–Kier alpha value is -2.39. The minimum absolute atomic E-state index is 0.0158. The molecule has 2 aromatic rings. The Morgan fingerprint density at radius 3 is 2.52 bits per heavy atom. The van der Waals surface area contributed by atoms with Gasteiger partial charge in [0.2, 0.25) is 10.0 Å². The van der Waals surface area contributed by atoms with E-state index in [9.17, 15) is 17.6 Å². The van der Waals surface area contributed by atoms with Crippen LogP contribution in [0.15, 0.2) is 35.5 Å². The Labute approximate surface area is 120 Å². The molecule has 0 atom stereocenters. The Morgan fingerprint density at radius 2 is 1.95 bits per heavy atom. The van der Waals surface area contributed by atoms with Gasteiger partial charge in [0.1, 0.15) is 11.5 Å². The Bertz CT molecular complexity index is 791. The van der Waals surface area contributed by atoms with Gasteiger partial charge in [-0.05, 0) is 25.1 Å². The molecule has 2 rings (SSSR count). The van der Waals surface area contributed by atoms with Crippen molar-refractivity contribution in [1.29, 1.82) is 0 Å². The number of benzene rings is 1. The SMILES string of the molecule is Cc1cnc(C(=O)Nc2cc(F)cc(S(N)(=O)=O)c2)cn1. The minimum atomic E-state index is -4.07. The molecule has 21 heavy (non-hydrogen) atoms. The molecule has 0 spiro atoms. The molecule has 0 aliphatic rings. The smallest absolute Gasteiger partial charge is 0.275 e. The first-order valence-electron chi connectivity index (χ1n) is 5.69. The number of nitrogens with two attached hydrogens (primary N) is 1. The second-order valence-corrected chi connectivity index (χ2v) is 5.78. The van der Waals surface area contributed by atoms with Crippen LogP contribution in [0.3, 0.4) is 0 Å². The predicted molar refractivity (Wildman–Crippen MR) is 72.5 cm³/mol. The van der Waals surface area contributed by atoms with Gasteiger partial charge in [-0.15, -0.1) is 0 Å². The zero-order valence-corrected chi connectivity index (χ0v) is 11.7. The molecule has 0 unspecified atom stereocenters. The number of hydrogen-bond donors (Lipinski definition) is 2. The molecule has 0 aliphatic carbocycles.